The first-order valence-electron chi connectivity index (χ1n) is 6.92. The number of thiazole rings is 1. The number of benzene rings is 1. The molecule has 1 fully saturated rings. The van der Waals surface area contributed by atoms with Crippen LogP contribution in [0.5, 0.6) is 0 Å². The van der Waals surface area contributed by atoms with Crippen molar-refractivity contribution in [3.05, 3.63) is 23.2 Å². The van der Waals surface area contributed by atoms with E-state index in [2.05, 4.69) is 15.2 Å². The Morgan fingerprint density at radius 3 is 3.00 bits per heavy atom. The summed E-state index contributed by atoms with van der Waals surface area (Å²) >= 11 is 7.78. The maximum atomic E-state index is 6.16. The van der Waals surface area contributed by atoms with E-state index in [4.69, 9.17) is 16.3 Å². The fourth-order valence-corrected chi connectivity index (χ4v) is 3.49. The van der Waals surface area contributed by atoms with Gasteiger partial charge in [-0.2, -0.15) is 0 Å². The van der Waals surface area contributed by atoms with Crippen molar-refractivity contribution in [2.24, 2.45) is 0 Å². The zero-order chi connectivity index (χ0) is 13.8. The number of hydrogen-bond donors (Lipinski definition) is 1. The Morgan fingerprint density at radius 1 is 1.35 bits per heavy atom. The Bertz CT molecular complexity index is 569. The number of nitrogens with one attached hydrogen (secondary N) is 1. The summed E-state index contributed by atoms with van der Waals surface area (Å²) in [4.78, 5) is 6.99. The third-order valence-corrected chi connectivity index (χ3v) is 4.89. The highest BCUT2D eigenvalue weighted by atomic mass is 35.5. The molecule has 0 spiro atoms. The number of ether oxygens (including phenoxy) is 1. The zero-order valence-corrected chi connectivity index (χ0v) is 12.8. The molecule has 1 saturated heterocycles. The predicted octanol–water partition coefficient (Wildman–Crippen LogP) is 3.08. The highest BCUT2D eigenvalue weighted by Crippen LogP contribution is 2.31. The fraction of sp³-hybridized carbons (Fsp3) is 0.500. The lowest BCUT2D eigenvalue weighted by Crippen LogP contribution is -2.37. The summed E-state index contributed by atoms with van der Waals surface area (Å²) in [5.41, 5.74) is 0.971. The topological polar surface area (TPSA) is 37.4 Å². The molecule has 0 aliphatic carbocycles. The molecule has 1 N–H and O–H groups in total. The molecule has 6 heteroatoms. The molecular weight excluding hydrogens is 294 g/mol. The van der Waals surface area contributed by atoms with Gasteiger partial charge in [-0.25, -0.2) is 4.98 Å². The summed E-state index contributed by atoms with van der Waals surface area (Å²) in [7, 11) is 0. The first-order valence-corrected chi connectivity index (χ1v) is 8.11. The summed E-state index contributed by atoms with van der Waals surface area (Å²) in [5, 5.41) is 5.12. The molecule has 1 aromatic heterocycles. The summed E-state index contributed by atoms with van der Waals surface area (Å²) in [6, 6.07) is 5.84. The van der Waals surface area contributed by atoms with Gasteiger partial charge in [-0.3, -0.25) is 4.90 Å². The zero-order valence-electron chi connectivity index (χ0n) is 11.3. The molecule has 1 aromatic carbocycles. The van der Waals surface area contributed by atoms with Gasteiger partial charge >= 0.3 is 0 Å². The molecule has 108 valence electrons. The van der Waals surface area contributed by atoms with E-state index < -0.39 is 0 Å². The number of aromatic nitrogens is 1. The van der Waals surface area contributed by atoms with Crippen LogP contribution in [-0.2, 0) is 4.74 Å². The number of nitrogens with zero attached hydrogens (tertiary/aromatic N) is 2. The van der Waals surface area contributed by atoms with Crippen LogP contribution in [0.15, 0.2) is 18.2 Å². The van der Waals surface area contributed by atoms with Crippen molar-refractivity contribution in [2.75, 3.05) is 44.7 Å². The van der Waals surface area contributed by atoms with Crippen LogP contribution < -0.4 is 5.32 Å². The minimum absolute atomic E-state index is 0.779. The average Bonchev–Trinajstić information content (AvgIpc) is 2.89. The standard InChI is InChI=1S/C14H18ClN3OS/c15-11-3-1-4-12-13(11)20-14(17-12)16-5-2-6-18-7-9-19-10-8-18/h1,3-4H,2,5-10H2,(H,16,17). The summed E-state index contributed by atoms with van der Waals surface area (Å²) in [6.07, 6.45) is 1.11. The minimum Gasteiger partial charge on any atom is -0.379 e. The molecule has 0 unspecified atom stereocenters. The predicted molar refractivity (Wildman–Crippen MR) is 85.0 cm³/mol. The average molecular weight is 312 g/mol. The molecule has 0 radical (unpaired) electrons. The number of morpholine rings is 1. The molecule has 2 aromatic rings. The summed E-state index contributed by atoms with van der Waals surface area (Å²) in [5.74, 6) is 0. The van der Waals surface area contributed by atoms with Crippen molar-refractivity contribution >= 4 is 38.3 Å². The quantitative estimate of drug-likeness (QED) is 0.861. The molecule has 0 atom stereocenters. The number of anilines is 1. The third kappa shape index (κ3) is 3.41. The second kappa shape index (κ2) is 6.72. The Labute approximate surface area is 127 Å². The van der Waals surface area contributed by atoms with E-state index in [-0.39, 0.29) is 0 Å². The molecule has 2 heterocycles. The van der Waals surface area contributed by atoms with Gasteiger partial charge in [0.2, 0.25) is 0 Å². The van der Waals surface area contributed by atoms with Gasteiger partial charge in [0.1, 0.15) is 0 Å². The smallest absolute Gasteiger partial charge is 0.183 e. The Kier molecular flexibility index (Phi) is 4.73. The van der Waals surface area contributed by atoms with Crippen LogP contribution in [0.25, 0.3) is 10.2 Å². The van der Waals surface area contributed by atoms with Gasteiger partial charge in [-0.05, 0) is 25.1 Å². The molecule has 20 heavy (non-hydrogen) atoms. The van der Waals surface area contributed by atoms with Crippen molar-refractivity contribution in [2.45, 2.75) is 6.42 Å². The Hall–Kier alpha value is -0.880. The third-order valence-electron chi connectivity index (χ3n) is 3.40. The van der Waals surface area contributed by atoms with Crippen LogP contribution in [0, 0.1) is 0 Å². The maximum Gasteiger partial charge on any atom is 0.183 e. The molecule has 3 rings (SSSR count). The van der Waals surface area contributed by atoms with Crippen LogP contribution in [0.4, 0.5) is 5.13 Å². The van der Waals surface area contributed by atoms with E-state index in [1.54, 1.807) is 11.3 Å². The molecule has 0 saturated carbocycles. The molecular formula is C14H18ClN3OS. The molecule has 4 nitrogen and oxygen atoms in total. The monoisotopic (exact) mass is 311 g/mol. The van der Waals surface area contributed by atoms with E-state index in [0.29, 0.717) is 0 Å². The lowest BCUT2D eigenvalue weighted by atomic mass is 10.3. The van der Waals surface area contributed by atoms with Crippen molar-refractivity contribution < 1.29 is 4.74 Å². The summed E-state index contributed by atoms with van der Waals surface area (Å²) in [6.45, 7) is 5.89. The van der Waals surface area contributed by atoms with Crippen molar-refractivity contribution in [3.63, 3.8) is 0 Å². The number of rotatable bonds is 5. The lowest BCUT2D eigenvalue weighted by Gasteiger charge is -2.26. The van der Waals surface area contributed by atoms with Gasteiger partial charge in [0.25, 0.3) is 0 Å². The Balaban J connectivity index is 1.48. The van der Waals surface area contributed by atoms with Crippen molar-refractivity contribution in [3.8, 4) is 0 Å². The number of hydrogen-bond acceptors (Lipinski definition) is 5. The van der Waals surface area contributed by atoms with Gasteiger partial charge < -0.3 is 10.1 Å². The number of halogens is 1. The highest BCUT2D eigenvalue weighted by Gasteiger charge is 2.10. The van der Waals surface area contributed by atoms with E-state index >= 15 is 0 Å². The van der Waals surface area contributed by atoms with Crippen LogP contribution >= 0.6 is 22.9 Å². The van der Waals surface area contributed by atoms with Gasteiger partial charge in [0, 0.05) is 19.6 Å². The van der Waals surface area contributed by atoms with E-state index in [9.17, 15) is 0 Å². The molecule has 1 aliphatic heterocycles. The fourth-order valence-electron chi connectivity index (χ4n) is 2.31. The molecule has 1 aliphatic rings. The maximum absolute atomic E-state index is 6.16. The van der Waals surface area contributed by atoms with Crippen LogP contribution in [0.3, 0.4) is 0 Å². The first kappa shape index (κ1) is 14.1. The highest BCUT2D eigenvalue weighted by molar-refractivity contribution is 7.22. The van der Waals surface area contributed by atoms with E-state index in [0.717, 1.165) is 66.2 Å². The van der Waals surface area contributed by atoms with Gasteiger partial charge in [-0.1, -0.05) is 29.0 Å². The van der Waals surface area contributed by atoms with Crippen LogP contribution in [0.2, 0.25) is 5.02 Å². The van der Waals surface area contributed by atoms with E-state index in [1.165, 1.54) is 0 Å². The van der Waals surface area contributed by atoms with E-state index in [1.807, 2.05) is 18.2 Å². The Morgan fingerprint density at radius 2 is 2.20 bits per heavy atom. The normalized spacial score (nSPS) is 16.6. The minimum atomic E-state index is 0.779. The van der Waals surface area contributed by atoms with Crippen molar-refractivity contribution in [1.29, 1.82) is 0 Å². The largest absolute Gasteiger partial charge is 0.379 e. The molecule has 0 bridgehead atoms. The van der Waals surface area contributed by atoms with Crippen LogP contribution in [-0.4, -0.2) is 49.3 Å². The van der Waals surface area contributed by atoms with Gasteiger partial charge in [0.15, 0.2) is 5.13 Å². The SMILES string of the molecule is Clc1cccc2nc(NCCCN3CCOCC3)sc12. The molecule has 0 amide bonds. The lowest BCUT2D eigenvalue weighted by molar-refractivity contribution is 0.0378. The van der Waals surface area contributed by atoms with Gasteiger partial charge in [0.05, 0.1) is 28.5 Å². The second-order valence-corrected chi connectivity index (χ2v) is 6.25. The first-order chi connectivity index (χ1) is 9.83. The van der Waals surface area contributed by atoms with Gasteiger partial charge in [-0.15, -0.1) is 0 Å². The second-order valence-electron chi connectivity index (χ2n) is 4.84. The number of fused-ring (bicyclic) bond motifs is 1. The summed E-state index contributed by atoms with van der Waals surface area (Å²) < 4.78 is 6.40. The van der Waals surface area contributed by atoms with Crippen molar-refractivity contribution in [1.82, 2.24) is 9.88 Å². The van der Waals surface area contributed by atoms with Crippen LogP contribution in [0.1, 0.15) is 6.42 Å².